The monoisotopic (exact) mass is 744 g/mol. The number of allylic oxidation sites excluding steroid dienone is 1. The molecule has 5 fully saturated rings. The fourth-order valence-corrected chi connectivity index (χ4v) is 12.5. The first-order chi connectivity index (χ1) is 25.3. The van der Waals surface area contributed by atoms with Gasteiger partial charge in [0.05, 0.1) is 19.1 Å². The number of hydrogen-bond donors (Lipinski definition) is 3. The fraction of sp³-hybridized carbons (Fsp3) is 0.600. The lowest BCUT2D eigenvalue weighted by molar-refractivity contribution is -0.159. The average molecular weight is 745 g/mol. The van der Waals surface area contributed by atoms with Crippen LogP contribution in [0.5, 0.6) is 0 Å². The van der Waals surface area contributed by atoms with Crippen LogP contribution in [0.3, 0.4) is 0 Å². The zero-order valence-electron chi connectivity index (χ0n) is 30.7. The molecule has 9 unspecified atom stereocenters. The van der Waals surface area contributed by atoms with E-state index in [0.717, 1.165) is 25.7 Å². The molecule has 3 N–H and O–H groups in total. The Morgan fingerprint density at radius 2 is 1.81 bits per heavy atom. The molecular weight excluding hydrogens is 697 g/mol. The summed E-state index contributed by atoms with van der Waals surface area (Å²) in [4.78, 5) is 64.6. The molecule has 4 aliphatic carbocycles. The van der Waals surface area contributed by atoms with Crippen LogP contribution in [0.25, 0.3) is 11.3 Å². The molecule has 6 aliphatic rings. The van der Waals surface area contributed by atoms with E-state index in [2.05, 4.69) is 22.7 Å². The molecule has 2 saturated heterocycles. The summed E-state index contributed by atoms with van der Waals surface area (Å²) in [6.45, 7) is 7.94. The minimum Gasteiger partial charge on any atom is -0.480 e. The number of carbonyl (C=O) groups is 5. The number of aliphatic carboxylic acids is 1. The first-order valence-electron chi connectivity index (χ1n) is 19.0. The lowest BCUT2D eigenvalue weighted by Gasteiger charge is -2.53. The minimum absolute atomic E-state index is 0.123. The van der Waals surface area contributed by atoms with Crippen molar-refractivity contribution < 1.29 is 38.3 Å². The second-order valence-corrected chi connectivity index (χ2v) is 18.4. The van der Waals surface area contributed by atoms with Crippen molar-refractivity contribution >= 4 is 46.9 Å². The Balaban J connectivity index is 0.840. The van der Waals surface area contributed by atoms with Gasteiger partial charge in [-0.2, -0.15) is 0 Å². The summed E-state index contributed by atoms with van der Waals surface area (Å²) in [7, 11) is 0. The maximum Gasteiger partial charge on any atom is 0.327 e. The predicted molar refractivity (Wildman–Crippen MR) is 197 cm³/mol. The molecule has 13 heteroatoms. The standard InChI is InChI=1S/C40H48N4O8S/c1-20-31(35(47)42-33-36(48)44-34(38(49)50)39(2,3)53-37(33)44)32(43-52-20)21-5-8-23(9-6-21)41-30(46)16-18-51-29-14-13-28-27-11-7-22-19-24(45)10-12-25(22)26(27)15-17-40(28,29)4/h5-6,8-9,19,25-29,33-34,37H,7,10-18H2,1-4H3,(H,41,46)(H,42,47)(H,49,50). The third-order valence-corrected chi connectivity index (χ3v) is 14.9. The van der Waals surface area contributed by atoms with E-state index in [1.807, 2.05) is 6.08 Å². The summed E-state index contributed by atoms with van der Waals surface area (Å²) in [5, 5.41) is 19.1. The third kappa shape index (κ3) is 6.11. The SMILES string of the molecule is Cc1onc(-c2ccc(NC(=O)CCOC3CCC4C5CCC6=CC(=O)CCC6C5CCC34C)cc2)c1C(=O)NC1C(=O)N2C1SC(C)(C)C2C(=O)O. The van der Waals surface area contributed by atoms with Crippen molar-refractivity contribution in [3.63, 3.8) is 0 Å². The first kappa shape index (κ1) is 36.0. The number of aryl methyl sites for hydroxylation is 1. The number of thioether (sulfide) groups is 1. The number of benzene rings is 1. The van der Waals surface area contributed by atoms with Gasteiger partial charge in [0.1, 0.15) is 34.5 Å². The molecule has 2 aromatic rings. The molecule has 0 bridgehead atoms. The number of anilines is 1. The van der Waals surface area contributed by atoms with Gasteiger partial charge in [0.25, 0.3) is 5.91 Å². The Morgan fingerprint density at radius 3 is 2.57 bits per heavy atom. The van der Waals surface area contributed by atoms with Crippen LogP contribution in [0.2, 0.25) is 0 Å². The summed E-state index contributed by atoms with van der Waals surface area (Å²) >= 11 is 1.36. The number of carboxylic acids is 1. The molecule has 8 rings (SSSR count). The predicted octanol–water partition coefficient (Wildman–Crippen LogP) is 5.75. The van der Waals surface area contributed by atoms with Crippen LogP contribution >= 0.6 is 11.8 Å². The number of nitrogens with zero attached hydrogens (tertiary/aromatic N) is 2. The largest absolute Gasteiger partial charge is 0.480 e. The molecule has 0 radical (unpaired) electrons. The van der Waals surface area contributed by atoms with E-state index in [0.29, 0.717) is 59.4 Å². The summed E-state index contributed by atoms with van der Waals surface area (Å²) < 4.78 is 11.2. The van der Waals surface area contributed by atoms with Crippen LogP contribution in [-0.2, 0) is 23.9 Å². The number of carboxylic acid groups (broad SMARTS) is 1. The van der Waals surface area contributed by atoms with Crippen molar-refractivity contribution in [1.82, 2.24) is 15.4 Å². The highest BCUT2D eigenvalue weighted by atomic mass is 32.2. The number of fused-ring (bicyclic) bond motifs is 6. The van der Waals surface area contributed by atoms with Crippen molar-refractivity contribution in [3.05, 3.63) is 47.2 Å². The topological polar surface area (TPSA) is 168 Å². The highest BCUT2D eigenvalue weighted by molar-refractivity contribution is 8.01. The normalized spacial score (nSPS) is 33.9. The van der Waals surface area contributed by atoms with Gasteiger partial charge in [-0.05, 0) is 113 Å². The van der Waals surface area contributed by atoms with Crippen molar-refractivity contribution in [1.29, 1.82) is 0 Å². The molecule has 282 valence electrons. The van der Waals surface area contributed by atoms with Crippen molar-refractivity contribution in [2.75, 3.05) is 11.9 Å². The van der Waals surface area contributed by atoms with Gasteiger partial charge in [-0.3, -0.25) is 19.2 Å². The lowest BCUT2D eigenvalue weighted by Crippen LogP contribution is -2.70. The molecule has 2 aliphatic heterocycles. The van der Waals surface area contributed by atoms with E-state index in [1.165, 1.54) is 41.5 Å². The third-order valence-electron chi connectivity index (χ3n) is 13.4. The molecule has 53 heavy (non-hydrogen) atoms. The number of β-lactam (4-membered cyclic amide) rings is 1. The molecule has 0 spiro atoms. The molecule has 1 aromatic carbocycles. The number of ether oxygens (including phenoxy) is 1. The van der Waals surface area contributed by atoms with Crippen LogP contribution in [0.15, 0.2) is 40.4 Å². The highest BCUT2D eigenvalue weighted by Crippen LogP contribution is 2.62. The Hall–Kier alpha value is -3.97. The van der Waals surface area contributed by atoms with Gasteiger partial charge in [-0.1, -0.05) is 29.8 Å². The van der Waals surface area contributed by atoms with Crippen molar-refractivity contribution in [2.45, 2.75) is 114 Å². The van der Waals surface area contributed by atoms with Crippen LogP contribution in [0.1, 0.15) is 94.7 Å². The van der Waals surface area contributed by atoms with Gasteiger partial charge >= 0.3 is 5.97 Å². The van der Waals surface area contributed by atoms with Gasteiger partial charge in [0, 0.05) is 22.4 Å². The summed E-state index contributed by atoms with van der Waals surface area (Å²) in [6, 6.07) is 5.14. The smallest absolute Gasteiger partial charge is 0.327 e. The maximum atomic E-state index is 13.5. The van der Waals surface area contributed by atoms with Gasteiger partial charge in [0.15, 0.2) is 5.78 Å². The number of carbonyl (C=O) groups excluding carboxylic acids is 4. The van der Waals surface area contributed by atoms with Crippen molar-refractivity contribution in [2.24, 2.45) is 29.1 Å². The van der Waals surface area contributed by atoms with E-state index in [9.17, 15) is 29.1 Å². The highest BCUT2D eigenvalue weighted by Gasteiger charge is 2.64. The maximum absolute atomic E-state index is 13.5. The summed E-state index contributed by atoms with van der Waals surface area (Å²) in [5.41, 5.74) is 3.21. The first-order valence-corrected chi connectivity index (χ1v) is 19.9. The second-order valence-electron chi connectivity index (χ2n) is 16.7. The number of ketones is 1. The molecule has 12 nitrogen and oxygen atoms in total. The van der Waals surface area contributed by atoms with Crippen molar-refractivity contribution in [3.8, 4) is 11.3 Å². The quantitative estimate of drug-likeness (QED) is 0.269. The number of hydrogen-bond acceptors (Lipinski definition) is 9. The van der Waals surface area contributed by atoms with Crippen LogP contribution in [0, 0.1) is 36.0 Å². The van der Waals surface area contributed by atoms with Crippen LogP contribution < -0.4 is 10.6 Å². The van der Waals surface area contributed by atoms with Gasteiger partial charge in [-0.15, -0.1) is 11.8 Å². The zero-order chi connectivity index (χ0) is 37.4. The Kier molecular flexibility index (Phi) is 9.11. The van der Waals surface area contributed by atoms with Crippen LogP contribution in [-0.4, -0.2) is 79.6 Å². The Bertz CT molecular complexity index is 1890. The molecule has 3 heterocycles. The minimum atomic E-state index is -1.07. The number of nitrogens with one attached hydrogen (secondary N) is 2. The number of rotatable bonds is 9. The van der Waals surface area contributed by atoms with Gasteiger partial charge in [0.2, 0.25) is 11.8 Å². The summed E-state index contributed by atoms with van der Waals surface area (Å²) in [6.07, 6.45) is 10.8. The van der Waals surface area contributed by atoms with E-state index in [4.69, 9.17) is 9.26 Å². The van der Waals surface area contributed by atoms with Gasteiger partial charge < -0.3 is 29.9 Å². The average Bonchev–Trinajstić information content (AvgIpc) is 3.75. The zero-order valence-corrected chi connectivity index (χ0v) is 31.5. The molecule has 3 amide bonds. The Labute approximate surface area is 313 Å². The summed E-state index contributed by atoms with van der Waals surface area (Å²) in [5.74, 6) is 1.01. The molecule has 1 aromatic heterocycles. The van der Waals surface area contributed by atoms with E-state index >= 15 is 0 Å². The second kappa shape index (κ2) is 13.4. The molecule has 9 atom stereocenters. The molecule has 3 saturated carbocycles. The van der Waals surface area contributed by atoms with Gasteiger partial charge in [-0.25, -0.2) is 4.79 Å². The number of aromatic nitrogens is 1. The molecular formula is C40H48N4O8S. The van der Waals surface area contributed by atoms with E-state index in [-0.39, 0.29) is 35.2 Å². The lowest BCUT2D eigenvalue weighted by atomic mass is 9.52. The fourth-order valence-electron chi connectivity index (χ4n) is 10.8. The van der Waals surface area contributed by atoms with E-state index in [1.54, 1.807) is 45.0 Å². The van der Waals surface area contributed by atoms with Crippen LogP contribution in [0.4, 0.5) is 5.69 Å². The Morgan fingerprint density at radius 1 is 1.04 bits per heavy atom. The van der Waals surface area contributed by atoms with E-state index < -0.39 is 40.0 Å². The number of amides is 3.